The fraction of sp³-hybridized carbons (Fsp3) is 0.133. The monoisotopic (exact) mass is 798 g/mol. The zero-order valence-corrected chi connectivity index (χ0v) is 36.4. The fourth-order valence-corrected chi connectivity index (χ4v) is 9.72. The fourth-order valence-electron chi connectivity index (χ4n) is 9.72. The third-order valence-electron chi connectivity index (χ3n) is 13.1. The van der Waals surface area contributed by atoms with Crippen LogP contribution in [-0.2, 0) is 10.8 Å². The van der Waals surface area contributed by atoms with Crippen LogP contribution in [0.4, 0.5) is 17.1 Å². The van der Waals surface area contributed by atoms with Crippen molar-refractivity contribution < 1.29 is 0 Å². The highest BCUT2D eigenvalue weighted by molar-refractivity contribution is 6.27. The van der Waals surface area contributed by atoms with Gasteiger partial charge in [0.2, 0.25) is 0 Å². The summed E-state index contributed by atoms with van der Waals surface area (Å²) in [6.07, 6.45) is 0. The van der Waals surface area contributed by atoms with Gasteiger partial charge in [0, 0.05) is 32.9 Å². The van der Waals surface area contributed by atoms with Crippen molar-refractivity contribution in [3.05, 3.63) is 205 Å². The highest BCUT2D eigenvalue weighted by Gasteiger charge is 2.22. The second-order valence-electron chi connectivity index (χ2n) is 19.0. The molecule has 0 fully saturated rings. The maximum absolute atomic E-state index is 2.46. The SMILES string of the molecule is CC(C)(C)c1ccc(-c2ccc(N(c3cccc(-c4ccc(C(C)(C)C)cc4)c3)c3ccc4ccc5c(-n6c7ccccc7c7ccccc76)ccc6ccc3c4c65)cc2)cc1. The molecule has 2 nitrogen and oxygen atoms in total. The van der Waals surface area contributed by atoms with Crippen LogP contribution in [-0.4, -0.2) is 4.57 Å². The molecule has 0 aliphatic carbocycles. The maximum Gasteiger partial charge on any atom is 0.0541 e. The van der Waals surface area contributed by atoms with Crippen molar-refractivity contribution in [3.8, 4) is 27.9 Å². The zero-order valence-electron chi connectivity index (χ0n) is 36.4. The van der Waals surface area contributed by atoms with E-state index in [0.717, 1.165) is 17.1 Å². The number of para-hydroxylation sites is 2. The van der Waals surface area contributed by atoms with Gasteiger partial charge in [-0.05, 0) is 114 Å². The van der Waals surface area contributed by atoms with E-state index in [4.69, 9.17) is 0 Å². The standard InChI is InChI=1S/C60H50N2/c1-59(2,3)45-28-18-39(19-29-45)40-22-32-47(33-23-40)61(48-13-11-12-44(38-48)41-20-30-46(31-21-41)60(4,5)6)55-36-26-42-25-35-52-56(37-27-43-24-34-51(55)57(42)58(43)52)62-53-16-9-7-14-49(53)50-15-8-10-17-54(50)62/h7-38H,1-6H3. The molecule has 2 heteroatoms. The van der Waals surface area contributed by atoms with E-state index in [1.807, 2.05) is 0 Å². The molecular formula is C60H50N2. The predicted octanol–water partition coefficient (Wildman–Crippen LogP) is 17.1. The summed E-state index contributed by atoms with van der Waals surface area (Å²) >= 11 is 0. The molecular weight excluding hydrogens is 749 g/mol. The van der Waals surface area contributed by atoms with Crippen LogP contribution in [0.5, 0.6) is 0 Å². The summed E-state index contributed by atoms with van der Waals surface area (Å²) < 4.78 is 2.46. The van der Waals surface area contributed by atoms with Crippen LogP contribution in [0.2, 0.25) is 0 Å². The van der Waals surface area contributed by atoms with Gasteiger partial charge >= 0.3 is 0 Å². The molecule has 300 valence electrons. The molecule has 1 heterocycles. The first-order valence-electron chi connectivity index (χ1n) is 21.9. The van der Waals surface area contributed by atoms with Gasteiger partial charge in [-0.15, -0.1) is 0 Å². The molecule has 0 atom stereocenters. The topological polar surface area (TPSA) is 8.17 Å². The number of fused-ring (bicyclic) bond motifs is 3. The lowest BCUT2D eigenvalue weighted by atomic mass is 9.86. The van der Waals surface area contributed by atoms with E-state index in [-0.39, 0.29) is 10.8 Å². The van der Waals surface area contributed by atoms with Crippen LogP contribution in [0, 0.1) is 0 Å². The Balaban J connectivity index is 1.11. The molecule has 11 aromatic rings. The lowest BCUT2D eigenvalue weighted by molar-refractivity contribution is 0.590. The van der Waals surface area contributed by atoms with Gasteiger partial charge in [0.25, 0.3) is 0 Å². The molecule has 11 rings (SSSR count). The van der Waals surface area contributed by atoms with Crippen LogP contribution in [0.25, 0.3) is 82.1 Å². The van der Waals surface area contributed by atoms with E-state index in [0.29, 0.717) is 0 Å². The third kappa shape index (κ3) is 6.24. The number of aromatic nitrogens is 1. The molecule has 0 saturated heterocycles. The number of benzene rings is 10. The van der Waals surface area contributed by atoms with E-state index >= 15 is 0 Å². The summed E-state index contributed by atoms with van der Waals surface area (Å²) in [5.41, 5.74) is 14.7. The van der Waals surface area contributed by atoms with Crippen molar-refractivity contribution in [1.82, 2.24) is 4.57 Å². The van der Waals surface area contributed by atoms with Crippen molar-refractivity contribution >= 4 is 71.2 Å². The van der Waals surface area contributed by atoms with Crippen LogP contribution in [0.3, 0.4) is 0 Å². The average molecular weight is 799 g/mol. The largest absolute Gasteiger partial charge is 0.310 e. The minimum Gasteiger partial charge on any atom is -0.310 e. The Labute approximate surface area is 364 Å². The normalized spacial score (nSPS) is 12.4. The molecule has 0 saturated carbocycles. The predicted molar refractivity (Wildman–Crippen MR) is 267 cm³/mol. The van der Waals surface area contributed by atoms with Crippen molar-refractivity contribution in [2.24, 2.45) is 0 Å². The zero-order chi connectivity index (χ0) is 42.3. The summed E-state index contributed by atoms with van der Waals surface area (Å²) in [7, 11) is 0. The maximum atomic E-state index is 2.46. The molecule has 1 aromatic heterocycles. The first-order valence-corrected chi connectivity index (χ1v) is 21.9. The van der Waals surface area contributed by atoms with Crippen LogP contribution >= 0.6 is 0 Å². The van der Waals surface area contributed by atoms with Crippen molar-refractivity contribution in [2.45, 2.75) is 52.4 Å². The lowest BCUT2D eigenvalue weighted by Gasteiger charge is -2.28. The minimum atomic E-state index is 0.0945. The Morgan fingerprint density at radius 2 is 0.839 bits per heavy atom. The quantitative estimate of drug-likeness (QED) is 0.152. The Kier molecular flexibility index (Phi) is 8.67. The molecule has 0 amide bonds. The van der Waals surface area contributed by atoms with Crippen molar-refractivity contribution in [1.29, 1.82) is 0 Å². The molecule has 62 heavy (non-hydrogen) atoms. The Morgan fingerprint density at radius 3 is 1.42 bits per heavy atom. The van der Waals surface area contributed by atoms with Crippen LogP contribution in [0.1, 0.15) is 52.7 Å². The van der Waals surface area contributed by atoms with E-state index in [9.17, 15) is 0 Å². The smallest absolute Gasteiger partial charge is 0.0541 e. The Bertz CT molecular complexity index is 3390. The molecule has 0 unspecified atom stereocenters. The highest BCUT2D eigenvalue weighted by Crippen LogP contribution is 2.46. The first kappa shape index (κ1) is 37.8. The van der Waals surface area contributed by atoms with Gasteiger partial charge < -0.3 is 9.47 Å². The van der Waals surface area contributed by atoms with Gasteiger partial charge in [0.1, 0.15) is 0 Å². The minimum absolute atomic E-state index is 0.0945. The molecule has 0 radical (unpaired) electrons. The molecule has 10 aromatic carbocycles. The Hall–Kier alpha value is -7.16. The summed E-state index contributed by atoms with van der Waals surface area (Å²) in [6, 6.07) is 72.5. The van der Waals surface area contributed by atoms with E-state index < -0.39 is 0 Å². The summed E-state index contributed by atoms with van der Waals surface area (Å²) in [5, 5.41) is 10.1. The summed E-state index contributed by atoms with van der Waals surface area (Å²) in [6.45, 7) is 13.6. The Morgan fingerprint density at radius 1 is 0.355 bits per heavy atom. The van der Waals surface area contributed by atoms with E-state index in [1.54, 1.807) is 0 Å². The number of hydrogen-bond acceptors (Lipinski definition) is 1. The van der Waals surface area contributed by atoms with Gasteiger partial charge in [0.05, 0.1) is 22.4 Å². The van der Waals surface area contributed by atoms with E-state index in [1.165, 1.54) is 93.2 Å². The van der Waals surface area contributed by atoms with Crippen molar-refractivity contribution in [2.75, 3.05) is 4.90 Å². The summed E-state index contributed by atoms with van der Waals surface area (Å²) in [5.74, 6) is 0. The molecule has 0 aliphatic rings. The number of anilines is 3. The van der Waals surface area contributed by atoms with Crippen LogP contribution < -0.4 is 4.90 Å². The molecule has 0 spiro atoms. The average Bonchev–Trinajstić information content (AvgIpc) is 3.62. The number of hydrogen-bond donors (Lipinski definition) is 0. The molecule has 0 aliphatic heterocycles. The van der Waals surface area contributed by atoms with Crippen molar-refractivity contribution in [3.63, 3.8) is 0 Å². The van der Waals surface area contributed by atoms with Gasteiger partial charge in [-0.25, -0.2) is 0 Å². The van der Waals surface area contributed by atoms with Gasteiger partial charge in [0.15, 0.2) is 0 Å². The number of rotatable bonds is 6. The second-order valence-corrected chi connectivity index (χ2v) is 19.0. The molecule has 0 N–H and O–H groups in total. The molecule has 0 bridgehead atoms. The highest BCUT2D eigenvalue weighted by atomic mass is 15.1. The number of nitrogens with zero attached hydrogens (tertiary/aromatic N) is 2. The van der Waals surface area contributed by atoms with Gasteiger partial charge in [-0.2, -0.15) is 0 Å². The summed E-state index contributed by atoms with van der Waals surface area (Å²) in [4.78, 5) is 2.46. The second kappa shape index (κ2) is 14.2. The van der Waals surface area contributed by atoms with Crippen LogP contribution in [0.15, 0.2) is 194 Å². The first-order chi connectivity index (χ1) is 30.0. The van der Waals surface area contributed by atoms with Gasteiger partial charge in [-0.3, -0.25) is 0 Å². The van der Waals surface area contributed by atoms with E-state index in [2.05, 4.69) is 245 Å². The third-order valence-corrected chi connectivity index (χ3v) is 13.1. The lowest BCUT2D eigenvalue weighted by Crippen LogP contribution is -2.11. The van der Waals surface area contributed by atoms with Gasteiger partial charge in [-0.1, -0.05) is 187 Å².